The van der Waals surface area contributed by atoms with E-state index in [9.17, 15) is 18.0 Å². The quantitative estimate of drug-likeness (QED) is 0.297. The van der Waals surface area contributed by atoms with E-state index in [1.807, 2.05) is 18.2 Å². The number of ether oxygens (including phenoxy) is 1. The number of esters is 1. The van der Waals surface area contributed by atoms with Crippen LogP contribution in [0.15, 0.2) is 35.3 Å². The zero-order chi connectivity index (χ0) is 25.2. The summed E-state index contributed by atoms with van der Waals surface area (Å²) >= 11 is 0. The fourth-order valence-electron chi connectivity index (χ4n) is 4.12. The maximum Gasteiger partial charge on any atom is 0.401 e. The van der Waals surface area contributed by atoms with Gasteiger partial charge in [0.1, 0.15) is 5.56 Å². The molecule has 12 heteroatoms. The highest BCUT2D eigenvalue weighted by Crippen LogP contribution is 2.32. The number of benzene rings is 1. The molecule has 0 N–H and O–H groups in total. The molecule has 1 atom stereocenters. The third-order valence-electron chi connectivity index (χ3n) is 5.60. The van der Waals surface area contributed by atoms with E-state index in [4.69, 9.17) is 4.74 Å². The molecule has 0 radical (unpaired) electrons. The highest BCUT2D eigenvalue weighted by molar-refractivity contribution is 6.02. The second kappa shape index (κ2) is 9.98. The molecule has 9 nitrogen and oxygen atoms in total. The number of hydrogen-bond acceptors (Lipinski definition) is 7. The molecule has 1 aliphatic rings. The normalized spacial score (nSPS) is 17.3. The summed E-state index contributed by atoms with van der Waals surface area (Å²) in [6.07, 6.45) is -1.52. The number of methoxy groups -OCH3 is 1. The molecule has 0 saturated carbocycles. The lowest BCUT2D eigenvalue weighted by molar-refractivity contribution is -0.148. The van der Waals surface area contributed by atoms with E-state index < -0.39 is 18.7 Å². The average molecular weight is 490 g/mol. The summed E-state index contributed by atoms with van der Waals surface area (Å²) < 4.78 is 45.3. The van der Waals surface area contributed by atoms with Crippen LogP contribution in [0.25, 0.3) is 16.9 Å². The van der Waals surface area contributed by atoms with Gasteiger partial charge in [-0.3, -0.25) is 4.90 Å². The Bertz CT molecular complexity index is 1230. The molecule has 0 bridgehead atoms. The van der Waals surface area contributed by atoms with Crippen molar-refractivity contribution in [2.75, 3.05) is 40.8 Å². The van der Waals surface area contributed by atoms with Crippen LogP contribution in [0.1, 0.15) is 34.9 Å². The highest BCUT2D eigenvalue weighted by atomic mass is 19.4. The monoisotopic (exact) mass is 489 g/mol. The van der Waals surface area contributed by atoms with Crippen molar-refractivity contribution in [2.45, 2.75) is 24.9 Å². The lowest BCUT2D eigenvalue weighted by Crippen LogP contribution is -2.40. The molecule has 2 aromatic heterocycles. The number of rotatable bonds is 6. The topological polar surface area (TPSA) is 88.2 Å². The zero-order valence-corrected chi connectivity index (χ0v) is 19.7. The largest absolute Gasteiger partial charge is 0.465 e. The molecular weight excluding hydrogens is 463 g/mol. The van der Waals surface area contributed by atoms with Gasteiger partial charge in [-0.15, -0.1) is 5.10 Å². The minimum Gasteiger partial charge on any atom is -0.465 e. The molecule has 1 saturated heterocycles. The van der Waals surface area contributed by atoms with Crippen LogP contribution in [-0.4, -0.2) is 88.7 Å². The molecule has 1 aliphatic heterocycles. The van der Waals surface area contributed by atoms with Gasteiger partial charge in [-0.05, 0) is 19.4 Å². The first-order valence-electron chi connectivity index (χ1n) is 11.1. The molecule has 4 rings (SSSR count). The Morgan fingerprint density at radius 1 is 1.26 bits per heavy atom. The lowest BCUT2D eigenvalue weighted by Gasteiger charge is -2.31. The van der Waals surface area contributed by atoms with Crippen molar-refractivity contribution in [3.05, 3.63) is 41.7 Å². The number of carbonyl (C=O) groups excluding carboxylic acids is 1. The minimum atomic E-state index is -4.28. The van der Waals surface area contributed by atoms with Crippen molar-refractivity contribution in [1.29, 1.82) is 0 Å². The summed E-state index contributed by atoms with van der Waals surface area (Å²) in [6.45, 7) is -0.462. The molecule has 0 amide bonds. The fourth-order valence-corrected chi connectivity index (χ4v) is 4.12. The molecule has 3 heterocycles. The fraction of sp³-hybridized carbons (Fsp3) is 0.435. The number of nitrogens with zero attached hydrogens (tertiary/aromatic N) is 7. The Balaban J connectivity index is 1.87. The van der Waals surface area contributed by atoms with Gasteiger partial charge < -0.3 is 9.64 Å². The van der Waals surface area contributed by atoms with Crippen LogP contribution in [0.2, 0.25) is 0 Å². The Morgan fingerprint density at radius 2 is 2.00 bits per heavy atom. The van der Waals surface area contributed by atoms with E-state index in [0.29, 0.717) is 36.5 Å². The van der Waals surface area contributed by atoms with E-state index in [1.165, 1.54) is 16.5 Å². The molecule has 3 aromatic rings. The summed E-state index contributed by atoms with van der Waals surface area (Å²) in [6, 6.07) is 9.08. The SMILES string of the molecule is COC(=O)c1c(-c2ccccc2)nc(/N=C/N(C)C)n2nc([C@@H]3CCCN(CC(F)(F)F)C3)nc12. The van der Waals surface area contributed by atoms with E-state index in [1.54, 1.807) is 37.5 Å². The minimum absolute atomic E-state index is 0.115. The number of likely N-dealkylation sites (tertiary alicyclic amines) is 1. The first-order valence-corrected chi connectivity index (χ1v) is 11.1. The Morgan fingerprint density at radius 3 is 2.66 bits per heavy atom. The van der Waals surface area contributed by atoms with Gasteiger partial charge in [-0.2, -0.15) is 17.7 Å². The number of halogens is 3. The summed E-state index contributed by atoms with van der Waals surface area (Å²) in [5, 5.41) is 4.55. The van der Waals surface area contributed by atoms with Gasteiger partial charge in [0.05, 0.1) is 25.7 Å². The van der Waals surface area contributed by atoms with Gasteiger partial charge in [-0.25, -0.2) is 19.8 Å². The van der Waals surface area contributed by atoms with Gasteiger partial charge in [0.25, 0.3) is 5.95 Å². The Hall–Kier alpha value is -3.54. The van der Waals surface area contributed by atoms with Crippen LogP contribution in [0.3, 0.4) is 0 Å². The van der Waals surface area contributed by atoms with Crippen LogP contribution >= 0.6 is 0 Å². The van der Waals surface area contributed by atoms with Gasteiger partial charge >= 0.3 is 12.1 Å². The van der Waals surface area contributed by atoms with Crippen LogP contribution in [0.5, 0.6) is 0 Å². The van der Waals surface area contributed by atoms with E-state index in [-0.39, 0.29) is 29.6 Å². The van der Waals surface area contributed by atoms with Crippen molar-refractivity contribution < 1.29 is 22.7 Å². The smallest absolute Gasteiger partial charge is 0.401 e. The molecule has 0 spiro atoms. The van der Waals surface area contributed by atoms with Crippen LogP contribution < -0.4 is 0 Å². The maximum atomic E-state index is 13.0. The number of carbonyl (C=O) groups is 1. The van der Waals surface area contributed by atoms with Gasteiger partial charge in [-0.1, -0.05) is 30.3 Å². The molecular formula is C23H26F3N7O2. The predicted molar refractivity (Wildman–Crippen MR) is 124 cm³/mol. The summed E-state index contributed by atoms with van der Waals surface area (Å²) in [5.74, 6) is -0.453. The van der Waals surface area contributed by atoms with Gasteiger partial charge in [0.2, 0.25) is 0 Å². The van der Waals surface area contributed by atoms with E-state index in [0.717, 1.165) is 0 Å². The Labute approximate surface area is 200 Å². The lowest BCUT2D eigenvalue weighted by atomic mass is 9.97. The van der Waals surface area contributed by atoms with E-state index >= 15 is 0 Å². The number of aliphatic imine (C=N–C) groups is 1. The van der Waals surface area contributed by atoms with Gasteiger partial charge in [0, 0.05) is 32.1 Å². The maximum absolute atomic E-state index is 13.0. The zero-order valence-electron chi connectivity index (χ0n) is 19.7. The number of fused-ring (bicyclic) bond motifs is 1. The van der Waals surface area contributed by atoms with Crippen LogP contribution in [0.4, 0.5) is 19.1 Å². The summed E-state index contributed by atoms with van der Waals surface area (Å²) in [4.78, 5) is 29.6. The van der Waals surface area contributed by atoms with Crippen LogP contribution in [-0.2, 0) is 4.74 Å². The molecule has 186 valence electrons. The van der Waals surface area contributed by atoms with Crippen molar-refractivity contribution >= 4 is 23.9 Å². The second-order valence-electron chi connectivity index (χ2n) is 8.60. The van der Waals surface area contributed by atoms with E-state index in [2.05, 4.69) is 20.1 Å². The third-order valence-corrected chi connectivity index (χ3v) is 5.60. The molecule has 1 aromatic carbocycles. The molecule has 35 heavy (non-hydrogen) atoms. The standard InChI is InChI=1S/C23H26F3N7O2/c1-31(2)14-27-22-28-18(15-8-5-4-6-9-15)17(21(34)35-3)20-29-19(30-33(20)22)16-10-7-11-32(12-16)13-23(24,25)26/h4-6,8-9,14,16H,7,10-13H2,1-3H3/b27-14+/t16-/m1/s1. The van der Waals surface area contributed by atoms with Crippen molar-refractivity contribution in [2.24, 2.45) is 4.99 Å². The molecule has 0 aliphatic carbocycles. The molecule has 0 unspecified atom stereocenters. The Kier molecular flexibility index (Phi) is 7.01. The predicted octanol–water partition coefficient (Wildman–Crippen LogP) is 3.54. The van der Waals surface area contributed by atoms with Crippen molar-refractivity contribution in [1.82, 2.24) is 29.4 Å². The molecule has 1 fully saturated rings. The summed E-state index contributed by atoms with van der Waals surface area (Å²) in [5.41, 5.74) is 1.30. The van der Waals surface area contributed by atoms with Crippen molar-refractivity contribution in [3.8, 4) is 11.3 Å². The van der Waals surface area contributed by atoms with Crippen LogP contribution in [0, 0.1) is 0 Å². The second-order valence-corrected chi connectivity index (χ2v) is 8.60. The average Bonchev–Trinajstić information content (AvgIpc) is 3.26. The summed E-state index contributed by atoms with van der Waals surface area (Å²) in [7, 11) is 4.86. The highest BCUT2D eigenvalue weighted by Gasteiger charge is 2.35. The third kappa shape index (κ3) is 5.59. The van der Waals surface area contributed by atoms with Crippen molar-refractivity contribution in [3.63, 3.8) is 0 Å². The number of aromatic nitrogens is 4. The number of piperidine rings is 1. The number of hydrogen-bond donors (Lipinski definition) is 0. The number of alkyl halides is 3. The van der Waals surface area contributed by atoms with Gasteiger partial charge in [0.15, 0.2) is 11.5 Å². The first kappa shape index (κ1) is 24.6. The first-order chi connectivity index (χ1) is 16.7.